The molecule has 0 rings (SSSR count). The average Bonchev–Trinajstić information content (AvgIpc) is 3.26. The second-order valence-corrected chi connectivity index (χ2v) is 15.8. The molecule has 0 aromatic heterocycles. The van der Waals surface area contributed by atoms with Crippen molar-refractivity contribution in [3.05, 3.63) is 0 Å². The maximum atomic E-state index is 12.9. The van der Waals surface area contributed by atoms with E-state index in [2.05, 4.69) is 40.4 Å². The lowest BCUT2D eigenvalue weighted by Gasteiger charge is -2.19. The molecule has 0 aliphatic rings. The molecule has 62 heavy (non-hydrogen) atoms. The Kier molecular flexibility index (Phi) is 45.4. The summed E-state index contributed by atoms with van der Waals surface area (Å²) in [7, 11) is 0. The molecule has 0 heterocycles. The number of ether oxygens (including phenoxy) is 5. The van der Waals surface area contributed by atoms with Gasteiger partial charge in [-0.05, 0) is 32.1 Å². The first kappa shape index (κ1) is 59.1. The highest BCUT2D eigenvalue weighted by Crippen LogP contribution is 2.11. The van der Waals surface area contributed by atoms with Gasteiger partial charge in [0.15, 0.2) is 0 Å². The van der Waals surface area contributed by atoms with Gasteiger partial charge >= 0.3 is 0 Å². The van der Waals surface area contributed by atoms with E-state index < -0.39 is 11.9 Å². The fourth-order valence-electron chi connectivity index (χ4n) is 6.46. The van der Waals surface area contributed by atoms with Crippen molar-refractivity contribution in [2.45, 2.75) is 168 Å². The molecule has 5 amide bonds. The molecule has 0 aromatic rings. The van der Waals surface area contributed by atoms with Gasteiger partial charge < -0.3 is 55.4 Å². The maximum Gasteiger partial charge on any atom is 0.246 e. The maximum absolute atomic E-state index is 12.9. The van der Waals surface area contributed by atoms with Gasteiger partial charge in [-0.2, -0.15) is 0 Å². The van der Waals surface area contributed by atoms with Crippen LogP contribution in [-0.2, 0) is 47.7 Å². The molecule has 6 N–H and O–H groups in total. The number of hydrogen-bond donors (Lipinski definition) is 6. The predicted molar refractivity (Wildman–Crippen MR) is 243 cm³/mol. The molecule has 1 unspecified atom stereocenters. The summed E-state index contributed by atoms with van der Waals surface area (Å²) in [6.45, 7) is 7.50. The summed E-state index contributed by atoms with van der Waals surface area (Å²) in [5.41, 5.74) is 0. The molecular weight excluding hydrogens is 799 g/mol. The monoisotopic (exact) mass is 888 g/mol. The second kappa shape index (κ2) is 47.6. The lowest BCUT2D eigenvalue weighted by molar-refractivity contribution is -0.132. The zero-order valence-electron chi connectivity index (χ0n) is 39.0. The van der Waals surface area contributed by atoms with Crippen LogP contribution in [0, 0.1) is 0 Å². The topological polar surface area (TPSA) is 212 Å². The molecule has 364 valence electrons. The van der Waals surface area contributed by atoms with Crippen LogP contribution in [-0.4, -0.2) is 140 Å². The summed E-state index contributed by atoms with van der Waals surface area (Å²) in [6, 6.07) is -0.813. The van der Waals surface area contributed by atoms with Gasteiger partial charge in [-0.15, -0.1) is 0 Å². The lowest BCUT2D eigenvalue weighted by atomic mass is 10.1. The molecule has 1 atom stereocenters. The van der Waals surface area contributed by atoms with E-state index in [9.17, 15) is 24.0 Å². The van der Waals surface area contributed by atoms with Crippen molar-refractivity contribution >= 4 is 29.5 Å². The number of nitrogens with one attached hydrogen (secondary N) is 5. The van der Waals surface area contributed by atoms with Crippen LogP contribution in [0.3, 0.4) is 0 Å². The molecule has 16 nitrogen and oxygen atoms in total. The molecule has 0 saturated carbocycles. The molecular formula is C46H89N5O11. The fourth-order valence-corrected chi connectivity index (χ4v) is 6.46. The Morgan fingerprint density at radius 3 is 1.29 bits per heavy atom. The van der Waals surface area contributed by atoms with Crippen molar-refractivity contribution in [2.75, 3.05) is 98.9 Å². The van der Waals surface area contributed by atoms with Crippen molar-refractivity contribution in [1.82, 2.24) is 26.6 Å². The summed E-state index contributed by atoms with van der Waals surface area (Å²) >= 11 is 0. The zero-order chi connectivity index (χ0) is 45.4. The number of rotatable bonds is 48. The Labute approximate surface area is 374 Å². The number of carbonyl (C=O) groups excluding carboxylic acids is 5. The number of aliphatic hydroxyl groups is 1. The third kappa shape index (κ3) is 43.7. The largest absolute Gasteiger partial charge is 0.394 e. The summed E-state index contributed by atoms with van der Waals surface area (Å²) < 4.78 is 27.0. The van der Waals surface area contributed by atoms with Gasteiger partial charge in [0.25, 0.3) is 0 Å². The lowest BCUT2D eigenvalue weighted by Crippen LogP contribution is -2.48. The van der Waals surface area contributed by atoms with Crippen molar-refractivity contribution in [2.24, 2.45) is 0 Å². The highest BCUT2D eigenvalue weighted by Gasteiger charge is 2.20. The van der Waals surface area contributed by atoms with Crippen molar-refractivity contribution in [3.63, 3.8) is 0 Å². The smallest absolute Gasteiger partial charge is 0.246 e. The van der Waals surface area contributed by atoms with Crippen molar-refractivity contribution in [1.29, 1.82) is 0 Å². The molecule has 0 radical (unpaired) electrons. The molecule has 0 bridgehead atoms. The summed E-state index contributed by atoms with van der Waals surface area (Å²) in [4.78, 5) is 61.7. The van der Waals surface area contributed by atoms with Gasteiger partial charge in [0.1, 0.15) is 19.3 Å². The van der Waals surface area contributed by atoms with E-state index in [-0.39, 0.29) is 83.0 Å². The highest BCUT2D eigenvalue weighted by atomic mass is 16.5. The van der Waals surface area contributed by atoms with Crippen LogP contribution in [0.15, 0.2) is 0 Å². The number of carbonyl (C=O) groups is 5. The van der Waals surface area contributed by atoms with Crippen molar-refractivity contribution in [3.8, 4) is 0 Å². The molecule has 0 saturated heterocycles. The molecule has 0 aromatic carbocycles. The summed E-state index contributed by atoms with van der Waals surface area (Å²) in [5, 5.41) is 22.9. The van der Waals surface area contributed by atoms with Crippen LogP contribution < -0.4 is 26.6 Å². The van der Waals surface area contributed by atoms with E-state index in [0.717, 1.165) is 25.7 Å². The molecule has 0 aliphatic carbocycles. The molecule has 16 heteroatoms. The Morgan fingerprint density at radius 2 is 0.806 bits per heavy atom. The summed E-state index contributed by atoms with van der Waals surface area (Å²) in [6.07, 6.45) is 24.4. The second-order valence-electron chi connectivity index (χ2n) is 15.8. The van der Waals surface area contributed by atoms with Crippen LogP contribution in [0.2, 0.25) is 0 Å². The molecule has 0 aliphatic heterocycles. The SMILES string of the molecule is CCCCCCCCCCCC(=O)NCCOCCOCC(=O)NCCCCC(NC(=O)COCCOCCNC(=O)CCCCCCCCCCC)C(=O)NCCOCCO. The molecule has 0 spiro atoms. The number of unbranched alkanes of at least 4 members (excludes halogenated alkanes) is 17. The van der Waals surface area contributed by atoms with E-state index in [4.69, 9.17) is 28.8 Å². The van der Waals surface area contributed by atoms with E-state index in [1.54, 1.807) is 0 Å². The standard InChI is InChI=1S/C46H89N5O11/c1-3-5-7-9-11-13-15-17-19-24-42(53)48-27-31-59-35-37-61-39-44(55)47-26-22-21-23-41(46(57)50-29-33-58-34-30-52)51-45(56)40-62-38-36-60-32-28-49-43(54)25-20-18-16-14-12-10-8-6-4-2/h41,52H,3-40H2,1-2H3,(H,47,55)(H,48,53)(H,49,54)(H,50,57)(H,51,56). The van der Waals surface area contributed by atoms with Crippen LogP contribution in [0.4, 0.5) is 0 Å². The quantitative estimate of drug-likeness (QED) is 0.0447. The van der Waals surface area contributed by atoms with E-state index in [1.807, 2.05) is 0 Å². The van der Waals surface area contributed by atoms with Gasteiger partial charge in [0, 0.05) is 39.0 Å². The fraction of sp³-hybridized carbons (Fsp3) is 0.891. The minimum Gasteiger partial charge on any atom is -0.394 e. The van der Waals surface area contributed by atoms with E-state index in [0.29, 0.717) is 71.6 Å². The third-order valence-electron chi connectivity index (χ3n) is 10.0. The Hall–Kier alpha value is -2.89. The van der Waals surface area contributed by atoms with Crippen LogP contribution in [0.25, 0.3) is 0 Å². The first-order valence-electron chi connectivity index (χ1n) is 24.2. The minimum atomic E-state index is -0.813. The third-order valence-corrected chi connectivity index (χ3v) is 10.0. The van der Waals surface area contributed by atoms with Gasteiger partial charge in [-0.3, -0.25) is 24.0 Å². The Morgan fingerprint density at radius 1 is 0.403 bits per heavy atom. The molecule has 0 fully saturated rings. The average molecular weight is 888 g/mol. The van der Waals surface area contributed by atoms with Crippen LogP contribution in [0.1, 0.15) is 162 Å². The Bertz CT molecular complexity index is 1070. The minimum absolute atomic E-state index is 0.0304. The van der Waals surface area contributed by atoms with Crippen LogP contribution in [0.5, 0.6) is 0 Å². The van der Waals surface area contributed by atoms with Gasteiger partial charge in [-0.1, -0.05) is 117 Å². The summed E-state index contributed by atoms with van der Waals surface area (Å²) in [5.74, 6) is -1.01. The number of hydrogen-bond acceptors (Lipinski definition) is 11. The van der Waals surface area contributed by atoms with E-state index >= 15 is 0 Å². The van der Waals surface area contributed by atoms with Gasteiger partial charge in [0.2, 0.25) is 29.5 Å². The van der Waals surface area contributed by atoms with Crippen LogP contribution >= 0.6 is 0 Å². The zero-order valence-corrected chi connectivity index (χ0v) is 39.0. The highest BCUT2D eigenvalue weighted by molar-refractivity contribution is 5.88. The first-order chi connectivity index (χ1) is 30.3. The van der Waals surface area contributed by atoms with Gasteiger partial charge in [0.05, 0.1) is 59.5 Å². The number of amides is 5. The Balaban J connectivity index is 4.06. The van der Waals surface area contributed by atoms with Gasteiger partial charge in [-0.25, -0.2) is 0 Å². The first-order valence-corrected chi connectivity index (χ1v) is 24.2. The van der Waals surface area contributed by atoms with Crippen molar-refractivity contribution < 1.29 is 52.8 Å². The van der Waals surface area contributed by atoms with E-state index in [1.165, 1.54) is 89.9 Å². The normalized spacial score (nSPS) is 11.6. The predicted octanol–water partition coefficient (Wildman–Crippen LogP) is 5.02. The number of aliphatic hydroxyl groups excluding tert-OH is 1.